The third kappa shape index (κ3) is 6.37. The number of unbranched alkanes of at least 4 members (excludes halogenated alkanes) is 1. The van der Waals surface area contributed by atoms with Crippen LogP contribution in [0.25, 0.3) is 0 Å². The summed E-state index contributed by atoms with van der Waals surface area (Å²) in [6, 6.07) is 0. The molecule has 0 saturated carbocycles. The molecule has 0 aromatic heterocycles. The van der Waals surface area contributed by atoms with Crippen LogP contribution in [0, 0.1) is 9.85 Å². The highest BCUT2D eigenvalue weighted by molar-refractivity contribution is 14.1. The van der Waals surface area contributed by atoms with Crippen LogP contribution in [-0.2, 0) is 0 Å². The second-order valence-corrected chi connectivity index (χ2v) is 2.81. The maximum atomic E-state index is 9.21. The Morgan fingerprint density at radius 2 is 2.30 bits per heavy atom. The lowest BCUT2D eigenvalue weighted by Crippen LogP contribution is -2.03. The molecule has 10 heavy (non-hydrogen) atoms. The summed E-state index contributed by atoms with van der Waals surface area (Å²) in [6.45, 7) is 2.12. The van der Waals surface area contributed by atoms with Gasteiger partial charge in [0.25, 0.3) is 0 Å². The molecule has 0 fully saturated rings. The molecule has 0 heterocycles. The molecule has 2 heteroatoms. The van der Waals surface area contributed by atoms with Gasteiger partial charge in [0.1, 0.15) is 0 Å². The molecular weight excluding hydrogens is 239 g/mol. The summed E-state index contributed by atoms with van der Waals surface area (Å²) < 4.78 is 2.74. The fourth-order valence-corrected chi connectivity index (χ4v) is 0.918. The van der Waals surface area contributed by atoms with Gasteiger partial charge in [0.15, 0.2) is 0 Å². The number of hydrogen-bond acceptors (Lipinski definition) is 1. The lowest BCUT2D eigenvalue weighted by Gasteiger charge is -2.03. The quantitative estimate of drug-likeness (QED) is 0.601. The molecule has 1 nitrogen and oxygen atoms in total. The first-order valence-corrected chi connectivity index (χ1v) is 4.65. The minimum absolute atomic E-state index is 0.206. The van der Waals surface area contributed by atoms with Crippen molar-refractivity contribution in [1.82, 2.24) is 0 Å². The average molecular weight is 252 g/mol. The fraction of sp³-hybridized carbons (Fsp3) is 0.750. The molecule has 0 aliphatic rings. The van der Waals surface area contributed by atoms with Gasteiger partial charge in [-0.05, 0) is 10.3 Å². The van der Waals surface area contributed by atoms with E-state index in [1.807, 2.05) is 22.6 Å². The van der Waals surface area contributed by atoms with Gasteiger partial charge in [0.05, 0.1) is 6.10 Å². The fourth-order valence-electron chi connectivity index (χ4n) is 0.698. The van der Waals surface area contributed by atoms with Gasteiger partial charge in [-0.2, -0.15) is 0 Å². The summed E-state index contributed by atoms with van der Waals surface area (Å²) in [5.41, 5.74) is 0. The first-order valence-electron chi connectivity index (χ1n) is 3.57. The van der Waals surface area contributed by atoms with Crippen molar-refractivity contribution in [3.8, 4) is 9.85 Å². The molecule has 0 amide bonds. The highest BCUT2D eigenvalue weighted by Gasteiger charge is 1.98. The van der Waals surface area contributed by atoms with Crippen molar-refractivity contribution in [1.29, 1.82) is 0 Å². The Bertz CT molecular complexity index is 123. The van der Waals surface area contributed by atoms with E-state index < -0.39 is 0 Å². The van der Waals surface area contributed by atoms with Crippen LogP contribution < -0.4 is 0 Å². The molecule has 1 atom stereocenters. The van der Waals surface area contributed by atoms with Crippen LogP contribution in [0.5, 0.6) is 0 Å². The van der Waals surface area contributed by atoms with E-state index >= 15 is 0 Å². The van der Waals surface area contributed by atoms with Gasteiger partial charge in [0, 0.05) is 29.0 Å². The Balaban J connectivity index is 3.21. The molecule has 1 unspecified atom stereocenters. The van der Waals surface area contributed by atoms with E-state index in [1.54, 1.807) is 0 Å². The smallest absolute Gasteiger partial charge is 0.0649 e. The first-order chi connectivity index (χ1) is 4.81. The number of aliphatic hydroxyl groups is 1. The third-order valence-electron chi connectivity index (χ3n) is 1.30. The summed E-state index contributed by atoms with van der Waals surface area (Å²) in [5.74, 6) is 2.84. The molecule has 0 rings (SSSR count). The van der Waals surface area contributed by atoms with E-state index in [0.29, 0.717) is 6.42 Å². The van der Waals surface area contributed by atoms with Crippen molar-refractivity contribution in [2.75, 3.05) is 0 Å². The van der Waals surface area contributed by atoms with E-state index in [0.717, 1.165) is 19.3 Å². The number of hydrogen-bond donors (Lipinski definition) is 1. The first kappa shape index (κ1) is 10.2. The molecule has 0 aliphatic heterocycles. The highest BCUT2D eigenvalue weighted by atomic mass is 127. The van der Waals surface area contributed by atoms with Crippen molar-refractivity contribution in [2.45, 2.75) is 38.7 Å². The summed E-state index contributed by atoms with van der Waals surface area (Å²) in [7, 11) is 0. The average Bonchev–Trinajstić information content (AvgIpc) is 1.97. The van der Waals surface area contributed by atoms with Gasteiger partial charge >= 0.3 is 0 Å². The monoisotopic (exact) mass is 252 g/mol. The topological polar surface area (TPSA) is 20.2 Å². The Kier molecular flexibility index (Phi) is 7.54. The standard InChI is InChI=1S/C8H13IO/c1-2-3-5-8(10)6-4-7-9/h8,10H,2-3,5-6H2,1H3. The van der Waals surface area contributed by atoms with Gasteiger partial charge in [-0.15, -0.1) is 0 Å². The molecule has 0 bridgehead atoms. The molecule has 0 aromatic carbocycles. The van der Waals surface area contributed by atoms with Gasteiger partial charge in [-0.3, -0.25) is 0 Å². The summed E-state index contributed by atoms with van der Waals surface area (Å²) in [4.78, 5) is 0. The van der Waals surface area contributed by atoms with Crippen LogP contribution in [0.4, 0.5) is 0 Å². The minimum Gasteiger partial charge on any atom is -0.392 e. The van der Waals surface area contributed by atoms with E-state index in [9.17, 15) is 5.11 Å². The molecule has 0 spiro atoms. The van der Waals surface area contributed by atoms with Crippen LogP contribution in [0.3, 0.4) is 0 Å². The van der Waals surface area contributed by atoms with Crippen LogP contribution in [0.2, 0.25) is 0 Å². The summed E-state index contributed by atoms with van der Waals surface area (Å²) in [6.07, 6.45) is 3.56. The van der Waals surface area contributed by atoms with Gasteiger partial charge < -0.3 is 5.11 Å². The zero-order valence-corrected chi connectivity index (χ0v) is 8.39. The largest absolute Gasteiger partial charge is 0.392 e. The molecule has 0 saturated heterocycles. The zero-order valence-electron chi connectivity index (χ0n) is 6.23. The van der Waals surface area contributed by atoms with Gasteiger partial charge in [-0.25, -0.2) is 0 Å². The summed E-state index contributed by atoms with van der Waals surface area (Å²) >= 11 is 1.99. The van der Waals surface area contributed by atoms with Crippen molar-refractivity contribution >= 4 is 22.6 Å². The molecular formula is C8H13IO. The second-order valence-electron chi connectivity index (χ2n) is 2.27. The molecule has 1 N–H and O–H groups in total. The van der Waals surface area contributed by atoms with Crippen molar-refractivity contribution in [3.63, 3.8) is 0 Å². The number of halogens is 1. The Labute approximate surface area is 76.3 Å². The van der Waals surface area contributed by atoms with Gasteiger partial charge in [-0.1, -0.05) is 25.7 Å². The van der Waals surface area contributed by atoms with E-state index in [-0.39, 0.29) is 6.10 Å². The minimum atomic E-state index is -0.206. The van der Waals surface area contributed by atoms with Crippen LogP contribution >= 0.6 is 22.6 Å². The van der Waals surface area contributed by atoms with E-state index in [1.165, 1.54) is 0 Å². The van der Waals surface area contributed by atoms with E-state index in [4.69, 9.17) is 0 Å². The predicted octanol–water partition coefficient (Wildman–Crippen LogP) is 2.32. The maximum Gasteiger partial charge on any atom is 0.0649 e. The Hall–Kier alpha value is 0.250. The molecule has 0 aromatic rings. The summed E-state index contributed by atoms with van der Waals surface area (Å²) in [5, 5.41) is 9.21. The third-order valence-corrected chi connectivity index (χ3v) is 1.68. The second kappa shape index (κ2) is 7.36. The van der Waals surface area contributed by atoms with Crippen molar-refractivity contribution in [2.24, 2.45) is 0 Å². The number of rotatable bonds is 4. The van der Waals surface area contributed by atoms with Crippen LogP contribution in [-0.4, -0.2) is 11.2 Å². The van der Waals surface area contributed by atoms with E-state index in [2.05, 4.69) is 16.8 Å². The SMILES string of the molecule is CCCCC(O)CC#CI. The van der Waals surface area contributed by atoms with Crippen LogP contribution in [0.1, 0.15) is 32.6 Å². The van der Waals surface area contributed by atoms with Crippen molar-refractivity contribution < 1.29 is 5.11 Å². The lowest BCUT2D eigenvalue weighted by molar-refractivity contribution is 0.167. The Morgan fingerprint density at radius 1 is 1.60 bits per heavy atom. The number of aliphatic hydroxyl groups excluding tert-OH is 1. The predicted molar refractivity (Wildman–Crippen MR) is 51.9 cm³/mol. The molecule has 0 aliphatic carbocycles. The normalized spacial score (nSPS) is 11.9. The van der Waals surface area contributed by atoms with Crippen molar-refractivity contribution in [3.05, 3.63) is 0 Å². The zero-order chi connectivity index (χ0) is 7.82. The van der Waals surface area contributed by atoms with Gasteiger partial charge in [0.2, 0.25) is 0 Å². The Morgan fingerprint density at radius 3 is 2.80 bits per heavy atom. The molecule has 58 valence electrons. The molecule has 0 radical (unpaired) electrons. The maximum absolute atomic E-state index is 9.21. The lowest BCUT2D eigenvalue weighted by atomic mass is 10.1. The van der Waals surface area contributed by atoms with Crippen LogP contribution in [0.15, 0.2) is 0 Å². The highest BCUT2D eigenvalue weighted by Crippen LogP contribution is 2.02.